The summed E-state index contributed by atoms with van der Waals surface area (Å²) in [6, 6.07) is 0. The van der Waals surface area contributed by atoms with Crippen LogP contribution in [0, 0.1) is 5.92 Å². The fraction of sp³-hybridized carbons (Fsp3) is 0.800. The maximum Gasteiger partial charge on any atom is 0.174 e. The number of H-pyrrole nitrogens is 1. The fourth-order valence-electron chi connectivity index (χ4n) is 2.15. The van der Waals surface area contributed by atoms with Crippen LogP contribution in [0.2, 0.25) is 0 Å². The van der Waals surface area contributed by atoms with Crippen molar-refractivity contribution in [2.45, 2.75) is 44.9 Å². The first-order chi connectivity index (χ1) is 7.36. The number of carbonyl (C=O) groups excluding carboxylic acids is 1. The van der Waals surface area contributed by atoms with E-state index in [0.29, 0.717) is 30.4 Å². The molecule has 0 radical (unpaired) electrons. The molecule has 5 nitrogen and oxygen atoms in total. The highest BCUT2D eigenvalue weighted by Crippen LogP contribution is 2.25. The van der Waals surface area contributed by atoms with E-state index in [-0.39, 0.29) is 0 Å². The van der Waals surface area contributed by atoms with Crippen LogP contribution < -0.4 is 0 Å². The van der Waals surface area contributed by atoms with Gasteiger partial charge in [-0.2, -0.15) is 5.21 Å². The van der Waals surface area contributed by atoms with Gasteiger partial charge in [-0.1, -0.05) is 24.5 Å². The number of carbonyl (C=O) groups is 1. The molecule has 0 bridgehead atoms. The first-order valence-electron chi connectivity index (χ1n) is 5.61. The van der Waals surface area contributed by atoms with Gasteiger partial charge in [0, 0.05) is 18.8 Å². The average molecular weight is 208 g/mol. The lowest BCUT2D eigenvalue weighted by Gasteiger charge is -2.19. The summed E-state index contributed by atoms with van der Waals surface area (Å²) in [5, 5.41) is 13.5. The first kappa shape index (κ1) is 10.3. The SMILES string of the molecule is O=C(CCc1nn[nH]n1)C1CCCCC1. The predicted molar refractivity (Wildman–Crippen MR) is 54.1 cm³/mol. The number of hydrogen-bond acceptors (Lipinski definition) is 4. The van der Waals surface area contributed by atoms with Gasteiger partial charge in [-0.3, -0.25) is 4.79 Å². The molecule has 0 spiro atoms. The van der Waals surface area contributed by atoms with Crippen LogP contribution in [0.3, 0.4) is 0 Å². The number of nitrogens with one attached hydrogen (secondary N) is 1. The Bertz CT molecular complexity index is 303. The van der Waals surface area contributed by atoms with Gasteiger partial charge in [0.2, 0.25) is 0 Å². The van der Waals surface area contributed by atoms with Crippen LogP contribution in [0.5, 0.6) is 0 Å². The van der Waals surface area contributed by atoms with Gasteiger partial charge in [0.15, 0.2) is 5.82 Å². The van der Waals surface area contributed by atoms with Crippen molar-refractivity contribution in [1.82, 2.24) is 20.6 Å². The highest BCUT2D eigenvalue weighted by atomic mass is 16.1. The van der Waals surface area contributed by atoms with E-state index in [1.807, 2.05) is 0 Å². The summed E-state index contributed by atoms with van der Waals surface area (Å²) in [6.45, 7) is 0. The second-order valence-electron chi connectivity index (χ2n) is 4.13. The fourth-order valence-corrected chi connectivity index (χ4v) is 2.15. The lowest BCUT2D eigenvalue weighted by atomic mass is 9.85. The van der Waals surface area contributed by atoms with Gasteiger partial charge in [0.05, 0.1) is 0 Å². The zero-order chi connectivity index (χ0) is 10.5. The third kappa shape index (κ3) is 2.84. The second-order valence-corrected chi connectivity index (χ2v) is 4.13. The average Bonchev–Trinajstić information content (AvgIpc) is 2.80. The van der Waals surface area contributed by atoms with Crippen LogP contribution in [0.1, 0.15) is 44.3 Å². The number of aryl methyl sites for hydroxylation is 1. The Morgan fingerprint density at radius 2 is 2.13 bits per heavy atom. The molecular weight excluding hydrogens is 192 g/mol. The molecule has 1 saturated carbocycles. The Labute approximate surface area is 88.6 Å². The Kier molecular flexibility index (Phi) is 3.42. The molecule has 1 fully saturated rings. The molecule has 1 aromatic heterocycles. The van der Waals surface area contributed by atoms with Crippen molar-refractivity contribution in [3.05, 3.63) is 5.82 Å². The van der Waals surface area contributed by atoms with Crippen molar-refractivity contribution >= 4 is 5.78 Å². The molecule has 0 aliphatic heterocycles. The Hall–Kier alpha value is -1.26. The quantitative estimate of drug-likeness (QED) is 0.809. The zero-order valence-corrected chi connectivity index (χ0v) is 8.78. The van der Waals surface area contributed by atoms with Crippen LogP contribution in [-0.4, -0.2) is 26.4 Å². The maximum absolute atomic E-state index is 11.8. The van der Waals surface area contributed by atoms with E-state index < -0.39 is 0 Å². The van der Waals surface area contributed by atoms with Crippen molar-refractivity contribution in [2.24, 2.45) is 5.92 Å². The molecule has 15 heavy (non-hydrogen) atoms. The minimum absolute atomic E-state index is 0.297. The molecule has 82 valence electrons. The molecule has 1 aliphatic carbocycles. The van der Waals surface area contributed by atoms with E-state index in [1.54, 1.807) is 0 Å². The summed E-state index contributed by atoms with van der Waals surface area (Å²) in [5.74, 6) is 1.31. The topological polar surface area (TPSA) is 71.5 Å². The third-order valence-electron chi connectivity index (χ3n) is 3.04. The number of nitrogens with zero attached hydrogens (tertiary/aromatic N) is 3. The van der Waals surface area contributed by atoms with Crippen molar-refractivity contribution in [3.63, 3.8) is 0 Å². The standard InChI is InChI=1S/C10H16N4O/c15-9(8-4-2-1-3-5-8)6-7-10-11-13-14-12-10/h8H,1-7H2,(H,11,12,13,14). The van der Waals surface area contributed by atoms with Gasteiger partial charge in [-0.25, -0.2) is 0 Å². The molecule has 0 aromatic carbocycles. The summed E-state index contributed by atoms with van der Waals surface area (Å²) in [7, 11) is 0. The number of tetrazole rings is 1. The molecule has 1 N–H and O–H groups in total. The highest BCUT2D eigenvalue weighted by Gasteiger charge is 2.20. The normalized spacial score (nSPS) is 17.9. The summed E-state index contributed by atoms with van der Waals surface area (Å²) in [6.07, 6.45) is 7.03. The molecule has 1 aromatic rings. The van der Waals surface area contributed by atoms with Gasteiger partial charge in [-0.05, 0) is 12.8 Å². The molecule has 1 heterocycles. The van der Waals surface area contributed by atoms with Crippen LogP contribution in [0.4, 0.5) is 0 Å². The van der Waals surface area contributed by atoms with Crippen LogP contribution >= 0.6 is 0 Å². The lowest BCUT2D eigenvalue weighted by molar-refractivity contribution is -0.123. The number of ketones is 1. The highest BCUT2D eigenvalue weighted by molar-refractivity contribution is 5.81. The van der Waals surface area contributed by atoms with Gasteiger partial charge >= 0.3 is 0 Å². The largest absolute Gasteiger partial charge is 0.299 e. The van der Waals surface area contributed by atoms with Crippen molar-refractivity contribution in [2.75, 3.05) is 0 Å². The van der Waals surface area contributed by atoms with Crippen LogP contribution in [0.25, 0.3) is 0 Å². The zero-order valence-electron chi connectivity index (χ0n) is 8.78. The lowest BCUT2D eigenvalue weighted by Crippen LogP contribution is -2.18. The van der Waals surface area contributed by atoms with Crippen LogP contribution in [0.15, 0.2) is 0 Å². The molecule has 1 aliphatic rings. The van der Waals surface area contributed by atoms with Crippen LogP contribution in [-0.2, 0) is 11.2 Å². The van der Waals surface area contributed by atoms with E-state index in [4.69, 9.17) is 0 Å². The van der Waals surface area contributed by atoms with E-state index in [1.165, 1.54) is 19.3 Å². The second kappa shape index (κ2) is 5.00. The summed E-state index contributed by atoms with van der Waals surface area (Å²) >= 11 is 0. The number of rotatable bonds is 4. The van der Waals surface area contributed by atoms with Crippen molar-refractivity contribution in [3.8, 4) is 0 Å². The minimum Gasteiger partial charge on any atom is -0.299 e. The molecule has 0 unspecified atom stereocenters. The van der Waals surface area contributed by atoms with Gasteiger partial charge in [0.25, 0.3) is 0 Å². The molecule has 2 rings (SSSR count). The van der Waals surface area contributed by atoms with E-state index in [0.717, 1.165) is 12.8 Å². The smallest absolute Gasteiger partial charge is 0.174 e. The molecule has 0 saturated heterocycles. The summed E-state index contributed by atoms with van der Waals surface area (Å²) in [4.78, 5) is 11.8. The Morgan fingerprint density at radius 3 is 2.80 bits per heavy atom. The molecule has 0 atom stereocenters. The molecule has 0 amide bonds. The maximum atomic E-state index is 11.8. The minimum atomic E-state index is 0.297. The summed E-state index contributed by atoms with van der Waals surface area (Å²) < 4.78 is 0. The van der Waals surface area contributed by atoms with Crippen molar-refractivity contribution < 1.29 is 4.79 Å². The first-order valence-corrected chi connectivity index (χ1v) is 5.61. The predicted octanol–water partition coefficient (Wildman–Crippen LogP) is 1.28. The van der Waals surface area contributed by atoms with E-state index in [2.05, 4.69) is 20.6 Å². The third-order valence-corrected chi connectivity index (χ3v) is 3.04. The molecule has 5 heteroatoms. The Balaban J connectivity index is 1.76. The number of aromatic amines is 1. The number of aromatic nitrogens is 4. The summed E-state index contributed by atoms with van der Waals surface area (Å²) in [5.41, 5.74) is 0. The van der Waals surface area contributed by atoms with E-state index in [9.17, 15) is 4.79 Å². The van der Waals surface area contributed by atoms with Gasteiger partial charge in [-0.15, -0.1) is 10.2 Å². The Morgan fingerprint density at radius 1 is 1.33 bits per heavy atom. The number of hydrogen-bond donors (Lipinski definition) is 1. The monoisotopic (exact) mass is 208 g/mol. The van der Waals surface area contributed by atoms with E-state index >= 15 is 0 Å². The van der Waals surface area contributed by atoms with Gasteiger partial charge in [0.1, 0.15) is 5.78 Å². The van der Waals surface area contributed by atoms with Gasteiger partial charge < -0.3 is 0 Å². The van der Waals surface area contributed by atoms with Crippen molar-refractivity contribution in [1.29, 1.82) is 0 Å². The number of Topliss-reactive ketones (excluding diaryl/α,β-unsaturated/α-hetero) is 1. The molecular formula is C10H16N4O.